The normalized spacial score (nSPS) is 8.83. The zero-order chi connectivity index (χ0) is 38.4. The predicted octanol–water partition coefficient (Wildman–Crippen LogP) is -2.16. The van der Waals surface area contributed by atoms with Crippen LogP contribution in [0.2, 0.25) is 0 Å². The van der Waals surface area contributed by atoms with Crippen molar-refractivity contribution < 1.29 is 94.8 Å². The van der Waals surface area contributed by atoms with E-state index in [1.807, 2.05) is 0 Å². The van der Waals surface area contributed by atoms with Gasteiger partial charge < -0.3 is 71.7 Å². The molecule has 0 aromatic heterocycles. The summed E-state index contributed by atoms with van der Waals surface area (Å²) in [5, 5.41) is 99.4. The van der Waals surface area contributed by atoms with Crippen molar-refractivity contribution in [1.82, 2.24) is 0 Å². The molecular weight excluding hydrogens is 630 g/mol. The van der Waals surface area contributed by atoms with Gasteiger partial charge in [0.25, 0.3) is 0 Å². The molecular formula is C26H45NO19. The number of rotatable bonds is 15. The first-order chi connectivity index (χ1) is 21.2. The largest absolute Gasteiger partial charge is 0.478 e. The van der Waals surface area contributed by atoms with Crippen LogP contribution >= 0.6 is 0 Å². The molecule has 1 amide bonds. The lowest BCUT2D eigenvalue weighted by molar-refractivity contribution is -0.132. The van der Waals surface area contributed by atoms with Gasteiger partial charge in [0.2, 0.25) is 0 Å². The summed E-state index contributed by atoms with van der Waals surface area (Å²) in [6.45, 7) is 11.8. The molecule has 20 heteroatoms. The Morgan fingerprint density at radius 1 is 0.457 bits per heavy atom. The number of carboxylic acid groups (broad SMARTS) is 6. The number of aliphatic hydroxyl groups excluding tert-OH is 6. The third-order valence-electron chi connectivity index (χ3n) is 3.70. The van der Waals surface area contributed by atoms with Gasteiger partial charge in [0.05, 0.1) is 63.7 Å². The maximum absolute atomic E-state index is 9.25. The van der Waals surface area contributed by atoms with Crippen molar-refractivity contribution in [3.63, 3.8) is 0 Å². The molecule has 0 unspecified atom stereocenters. The second-order valence-electron chi connectivity index (χ2n) is 7.49. The molecule has 0 bridgehead atoms. The second-order valence-corrected chi connectivity index (χ2v) is 7.49. The maximum Gasteiger partial charge on any atom is 0.402 e. The molecule has 0 saturated carbocycles. The van der Waals surface area contributed by atoms with Gasteiger partial charge in [-0.2, -0.15) is 0 Å². The van der Waals surface area contributed by atoms with E-state index in [4.69, 9.17) is 70.8 Å². The number of hydrogen-bond acceptors (Lipinski definition) is 13. The van der Waals surface area contributed by atoms with Gasteiger partial charge in [0.15, 0.2) is 0 Å². The lowest BCUT2D eigenvalue weighted by Crippen LogP contribution is -2.43. The molecule has 0 aliphatic heterocycles. The van der Waals surface area contributed by atoms with Crippen molar-refractivity contribution >= 4 is 35.9 Å². The van der Waals surface area contributed by atoms with E-state index in [-0.39, 0.29) is 13.2 Å². The molecule has 0 radical (unpaired) electrons. The molecule has 268 valence electrons. The Hall–Kier alpha value is -4.96. The van der Waals surface area contributed by atoms with Gasteiger partial charge in [0.1, 0.15) is 0 Å². The van der Waals surface area contributed by atoms with E-state index in [0.717, 1.165) is 30.4 Å². The molecule has 0 spiro atoms. The molecule has 0 rings (SSSR count). The summed E-state index contributed by atoms with van der Waals surface area (Å²) < 4.78 is 5.15. The summed E-state index contributed by atoms with van der Waals surface area (Å²) in [7, 11) is 0. The quantitative estimate of drug-likeness (QED) is 0.0821. The van der Waals surface area contributed by atoms with Crippen LogP contribution in [0.5, 0.6) is 0 Å². The van der Waals surface area contributed by atoms with Gasteiger partial charge in [-0.05, 0) is 0 Å². The van der Waals surface area contributed by atoms with Crippen molar-refractivity contribution in [1.29, 1.82) is 0 Å². The van der Waals surface area contributed by atoms with Crippen LogP contribution in [0.25, 0.3) is 0 Å². The maximum atomic E-state index is 9.25. The minimum absolute atomic E-state index is 0.141. The number of aliphatic carboxylic acids is 5. The van der Waals surface area contributed by atoms with Crippen LogP contribution in [0.15, 0.2) is 63.3 Å². The fraction of sp³-hybridized carbons (Fsp3) is 0.385. The number of carbonyl (C=O) groups is 6. The number of ether oxygens (including phenoxy) is 1. The van der Waals surface area contributed by atoms with Crippen molar-refractivity contribution in [3.05, 3.63) is 63.3 Å². The van der Waals surface area contributed by atoms with Gasteiger partial charge in [-0.25, -0.2) is 28.8 Å². The highest BCUT2D eigenvalue weighted by Crippen LogP contribution is 2.19. The first kappa shape index (κ1) is 56.8. The fourth-order valence-electron chi connectivity index (χ4n) is 1.06. The molecule has 0 aliphatic carbocycles. The molecule has 0 saturated heterocycles. The number of carboxylic acids is 5. The molecule has 0 aromatic carbocycles. The van der Waals surface area contributed by atoms with E-state index in [2.05, 4.69) is 38.6 Å². The lowest BCUT2D eigenvalue weighted by atomic mass is 9.91. The minimum atomic E-state index is -1.33. The zero-order valence-electron chi connectivity index (χ0n) is 24.9. The van der Waals surface area contributed by atoms with Crippen LogP contribution in [-0.2, 0) is 28.7 Å². The Kier molecular flexibility index (Phi) is 49.4. The highest BCUT2D eigenvalue weighted by molar-refractivity contribution is 5.80. The summed E-state index contributed by atoms with van der Waals surface area (Å²) in [5.74, 6) is -4.91. The van der Waals surface area contributed by atoms with Crippen LogP contribution in [-0.4, -0.2) is 150 Å². The summed E-state index contributed by atoms with van der Waals surface area (Å²) in [6.07, 6.45) is 2.83. The minimum Gasteiger partial charge on any atom is -0.478 e. The van der Waals surface area contributed by atoms with Crippen LogP contribution < -0.4 is 5.73 Å². The van der Waals surface area contributed by atoms with Crippen LogP contribution in [0.1, 0.15) is 0 Å². The molecule has 0 aromatic rings. The number of aliphatic hydroxyl groups is 6. The Morgan fingerprint density at radius 2 is 0.565 bits per heavy atom. The highest BCUT2D eigenvalue weighted by Gasteiger charge is 2.32. The molecule has 0 heterocycles. The molecule has 0 fully saturated rings. The van der Waals surface area contributed by atoms with Gasteiger partial charge in [-0.3, -0.25) is 0 Å². The lowest BCUT2D eigenvalue weighted by Gasteiger charge is -2.31. The SMILES string of the molecule is C=CC(=O)O.C=CC(=O)O.C=CC(=O)O.C=CC(=O)O.C=CC(=O)O.NC(=O)O.OCC(CO)(CO)COCC(CO)(CO)CO. The third kappa shape index (κ3) is 58.6. The molecule has 0 atom stereocenters. The van der Waals surface area contributed by atoms with E-state index < -0.39 is 86.4 Å². The van der Waals surface area contributed by atoms with Crippen molar-refractivity contribution in [2.45, 2.75) is 0 Å². The van der Waals surface area contributed by atoms with E-state index in [0.29, 0.717) is 0 Å². The molecule has 46 heavy (non-hydrogen) atoms. The van der Waals surface area contributed by atoms with E-state index in [1.54, 1.807) is 0 Å². The predicted molar refractivity (Wildman–Crippen MR) is 160 cm³/mol. The van der Waals surface area contributed by atoms with E-state index in [1.165, 1.54) is 0 Å². The monoisotopic (exact) mass is 675 g/mol. The average molecular weight is 676 g/mol. The van der Waals surface area contributed by atoms with Gasteiger partial charge in [-0.1, -0.05) is 32.9 Å². The Labute approximate surface area is 263 Å². The van der Waals surface area contributed by atoms with Crippen LogP contribution in [0.3, 0.4) is 0 Å². The molecule has 20 nitrogen and oxygen atoms in total. The molecule has 14 N–H and O–H groups in total. The summed E-state index contributed by atoms with van der Waals surface area (Å²) in [5.41, 5.74) is 1.71. The van der Waals surface area contributed by atoms with Gasteiger partial charge in [0, 0.05) is 30.4 Å². The highest BCUT2D eigenvalue weighted by atomic mass is 16.5. The summed E-state index contributed by atoms with van der Waals surface area (Å²) in [6, 6.07) is 0. The number of hydrogen-bond donors (Lipinski definition) is 13. The topological polar surface area (TPSA) is 380 Å². The number of nitrogens with two attached hydrogens (primary N) is 1. The van der Waals surface area contributed by atoms with Gasteiger partial charge in [-0.15, -0.1) is 0 Å². The first-order valence-electron chi connectivity index (χ1n) is 11.6. The average Bonchev–Trinajstić information content (AvgIpc) is 3.02. The van der Waals surface area contributed by atoms with E-state index >= 15 is 0 Å². The zero-order valence-corrected chi connectivity index (χ0v) is 24.9. The summed E-state index contributed by atoms with van der Waals surface area (Å²) in [4.78, 5) is 55.0. The Morgan fingerprint density at radius 3 is 0.630 bits per heavy atom. The Balaban J connectivity index is -0.0000000867. The summed E-state index contributed by atoms with van der Waals surface area (Å²) >= 11 is 0. The van der Waals surface area contributed by atoms with Crippen LogP contribution in [0, 0.1) is 10.8 Å². The smallest absolute Gasteiger partial charge is 0.402 e. The third-order valence-corrected chi connectivity index (χ3v) is 3.70. The first-order valence-corrected chi connectivity index (χ1v) is 11.6. The molecule has 0 aliphatic rings. The fourth-order valence-corrected chi connectivity index (χ4v) is 1.06. The van der Waals surface area contributed by atoms with Gasteiger partial charge >= 0.3 is 35.9 Å². The van der Waals surface area contributed by atoms with Crippen molar-refractivity contribution in [2.24, 2.45) is 16.6 Å². The standard InChI is InChI=1S/C10H22O7.5C3H4O2.CH3NO2/c11-1-9(2-12,3-13)7-17-8-10(4-14,5-15)6-16;5*1-2-3(4)5;2-1(3)4/h11-16H,1-8H2;5*2H,1H2,(H,4,5);2H2,(H,3,4). The Bertz CT molecular complexity index is 749. The number of amides is 1. The second kappa shape index (κ2) is 40.0. The van der Waals surface area contributed by atoms with Crippen LogP contribution in [0.4, 0.5) is 4.79 Å². The number of primary amides is 1. The van der Waals surface area contributed by atoms with Crippen molar-refractivity contribution in [3.8, 4) is 0 Å². The van der Waals surface area contributed by atoms with Crippen molar-refractivity contribution in [2.75, 3.05) is 52.9 Å². The van der Waals surface area contributed by atoms with E-state index in [9.17, 15) is 24.0 Å².